The molecule has 4 aromatic carbocycles. The van der Waals surface area contributed by atoms with Crippen LogP contribution in [-0.2, 0) is 12.8 Å². The lowest BCUT2D eigenvalue weighted by molar-refractivity contribution is 0.151. The van der Waals surface area contributed by atoms with E-state index in [1.807, 2.05) is 86.6 Å². The number of benzene rings is 4. The summed E-state index contributed by atoms with van der Waals surface area (Å²) in [5, 5.41) is 17.0. The highest BCUT2D eigenvalue weighted by Gasteiger charge is 2.14. The maximum absolute atomic E-state index is 12.6. The minimum absolute atomic E-state index is 0.424. The zero-order valence-electron chi connectivity index (χ0n) is 20.2. The van der Waals surface area contributed by atoms with E-state index in [0.717, 1.165) is 22.5 Å². The Morgan fingerprint density at radius 2 is 0.944 bits per heavy atom. The number of ether oxygens (including phenoxy) is 2. The van der Waals surface area contributed by atoms with Gasteiger partial charge in [0.15, 0.2) is 0 Å². The van der Waals surface area contributed by atoms with Gasteiger partial charge >= 0.3 is 6.16 Å². The quantitative estimate of drug-likeness (QED) is 0.144. The molecule has 0 spiro atoms. The van der Waals surface area contributed by atoms with E-state index in [4.69, 9.17) is 9.47 Å². The fraction of sp³-hybridized carbons (Fsp3) is 0.138. The molecule has 0 radical (unpaired) electrons. The van der Waals surface area contributed by atoms with Gasteiger partial charge in [-0.2, -0.15) is 20.5 Å². The van der Waals surface area contributed by atoms with E-state index >= 15 is 0 Å². The summed E-state index contributed by atoms with van der Waals surface area (Å²) in [5.41, 5.74) is 4.51. The summed E-state index contributed by atoms with van der Waals surface area (Å²) in [7, 11) is 0. The Morgan fingerprint density at radius 3 is 1.33 bits per heavy atom. The molecule has 180 valence electrons. The lowest BCUT2D eigenvalue weighted by atomic mass is 10.1. The van der Waals surface area contributed by atoms with Crippen LogP contribution < -0.4 is 9.47 Å². The van der Waals surface area contributed by atoms with E-state index in [1.54, 1.807) is 24.3 Å². The van der Waals surface area contributed by atoms with Gasteiger partial charge in [0.1, 0.15) is 11.5 Å². The molecule has 0 N–H and O–H groups in total. The van der Waals surface area contributed by atoms with Gasteiger partial charge in [-0.3, -0.25) is 0 Å². The SMILES string of the molecule is CCc1cc(N=Nc2ccccc2)ccc1OC(=O)Oc1ccc(N=Nc2ccccc2)cc1CC. The van der Waals surface area contributed by atoms with Crippen LogP contribution >= 0.6 is 0 Å². The Kier molecular flexibility index (Phi) is 8.27. The molecule has 36 heavy (non-hydrogen) atoms. The van der Waals surface area contributed by atoms with Crippen molar-refractivity contribution in [2.24, 2.45) is 20.5 Å². The van der Waals surface area contributed by atoms with Crippen LogP contribution in [0.3, 0.4) is 0 Å². The van der Waals surface area contributed by atoms with E-state index in [-0.39, 0.29) is 0 Å². The van der Waals surface area contributed by atoms with Gasteiger partial charge in [0.25, 0.3) is 0 Å². The van der Waals surface area contributed by atoms with Gasteiger partial charge < -0.3 is 9.47 Å². The molecule has 0 aromatic heterocycles. The summed E-state index contributed by atoms with van der Waals surface area (Å²) < 4.78 is 11.0. The Hall–Kier alpha value is -4.65. The lowest BCUT2D eigenvalue weighted by Crippen LogP contribution is -2.15. The van der Waals surface area contributed by atoms with Crippen molar-refractivity contribution in [3.05, 3.63) is 108 Å². The molecule has 0 aliphatic rings. The van der Waals surface area contributed by atoms with Crippen LogP contribution in [0.15, 0.2) is 118 Å². The fourth-order valence-corrected chi connectivity index (χ4v) is 3.43. The highest BCUT2D eigenvalue weighted by molar-refractivity contribution is 5.69. The molecule has 0 bridgehead atoms. The predicted octanol–water partition coefficient (Wildman–Crippen LogP) is 9.22. The van der Waals surface area contributed by atoms with Crippen molar-refractivity contribution in [3.8, 4) is 11.5 Å². The van der Waals surface area contributed by atoms with Gasteiger partial charge in [-0.05, 0) is 84.6 Å². The van der Waals surface area contributed by atoms with E-state index in [2.05, 4.69) is 20.5 Å². The fourth-order valence-electron chi connectivity index (χ4n) is 3.43. The van der Waals surface area contributed by atoms with E-state index in [1.165, 1.54) is 0 Å². The Morgan fingerprint density at radius 1 is 0.556 bits per heavy atom. The number of carbonyl (C=O) groups excluding carboxylic acids is 1. The summed E-state index contributed by atoms with van der Waals surface area (Å²) in [6.45, 7) is 3.95. The smallest absolute Gasteiger partial charge is 0.394 e. The summed E-state index contributed by atoms with van der Waals surface area (Å²) in [5.74, 6) is 0.847. The molecule has 0 atom stereocenters. The van der Waals surface area contributed by atoms with Gasteiger partial charge in [0, 0.05) is 0 Å². The van der Waals surface area contributed by atoms with Crippen LogP contribution in [0.5, 0.6) is 11.5 Å². The van der Waals surface area contributed by atoms with E-state index in [9.17, 15) is 4.79 Å². The second-order valence-corrected chi connectivity index (χ2v) is 7.82. The Balaban J connectivity index is 1.43. The van der Waals surface area contributed by atoms with Crippen LogP contribution in [0, 0.1) is 0 Å². The first kappa shape index (κ1) is 24.5. The molecular formula is C29H26N4O3. The van der Waals surface area contributed by atoms with Crippen molar-refractivity contribution in [2.45, 2.75) is 26.7 Å². The van der Waals surface area contributed by atoms with Crippen LogP contribution in [0.25, 0.3) is 0 Å². The molecule has 4 rings (SSSR count). The summed E-state index contributed by atoms with van der Waals surface area (Å²) in [6, 6.07) is 29.6. The molecule has 0 aliphatic heterocycles. The average molecular weight is 479 g/mol. The minimum atomic E-state index is -0.809. The van der Waals surface area contributed by atoms with Crippen molar-refractivity contribution in [3.63, 3.8) is 0 Å². The largest absolute Gasteiger partial charge is 0.519 e. The number of rotatable bonds is 8. The van der Waals surface area contributed by atoms with Gasteiger partial charge in [-0.15, -0.1) is 0 Å². The number of aryl methyl sites for hydroxylation is 2. The monoisotopic (exact) mass is 478 g/mol. The van der Waals surface area contributed by atoms with Gasteiger partial charge in [0.05, 0.1) is 22.7 Å². The number of carbonyl (C=O) groups is 1. The van der Waals surface area contributed by atoms with Crippen molar-refractivity contribution in [2.75, 3.05) is 0 Å². The molecule has 0 fully saturated rings. The van der Waals surface area contributed by atoms with E-state index in [0.29, 0.717) is 35.7 Å². The highest BCUT2D eigenvalue weighted by atomic mass is 16.7. The lowest BCUT2D eigenvalue weighted by Gasteiger charge is -2.12. The van der Waals surface area contributed by atoms with Gasteiger partial charge in [-0.1, -0.05) is 50.2 Å². The Labute approximate surface area is 210 Å². The number of nitrogens with zero attached hydrogens (tertiary/aromatic N) is 4. The third-order valence-corrected chi connectivity index (χ3v) is 5.31. The van der Waals surface area contributed by atoms with Crippen molar-refractivity contribution >= 4 is 28.9 Å². The second kappa shape index (κ2) is 12.2. The maximum Gasteiger partial charge on any atom is 0.519 e. The first-order chi connectivity index (χ1) is 17.6. The normalized spacial score (nSPS) is 11.2. The van der Waals surface area contributed by atoms with Crippen molar-refractivity contribution in [1.29, 1.82) is 0 Å². The third kappa shape index (κ3) is 6.70. The molecule has 0 aliphatic carbocycles. The molecule has 7 heteroatoms. The van der Waals surface area contributed by atoms with Crippen LogP contribution in [0.4, 0.5) is 27.5 Å². The highest BCUT2D eigenvalue weighted by Crippen LogP contribution is 2.29. The number of hydrogen-bond donors (Lipinski definition) is 0. The molecule has 4 aromatic rings. The zero-order chi connectivity index (χ0) is 25.2. The number of hydrogen-bond acceptors (Lipinski definition) is 7. The van der Waals surface area contributed by atoms with Crippen molar-refractivity contribution < 1.29 is 14.3 Å². The molecule has 0 saturated heterocycles. The Bertz CT molecular complexity index is 1270. The molecule has 0 unspecified atom stereocenters. The van der Waals surface area contributed by atoms with Gasteiger partial charge in [-0.25, -0.2) is 4.79 Å². The minimum Gasteiger partial charge on any atom is -0.394 e. The van der Waals surface area contributed by atoms with Crippen LogP contribution in [0.1, 0.15) is 25.0 Å². The van der Waals surface area contributed by atoms with Crippen molar-refractivity contribution in [1.82, 2.24) is 0 Å². The second-order valence-electron chi connectivity index (χ2n) is 7.82. The first-order valence-electron chi connectivity index (χ1n) is 11.7. The zero-order valence-corrected chi connectivity index (χ0v) is 20.2. The third-order valence-electron chi connectivity index (χ3n) is 5.31. The standard InChI is InChI=1S/C29H26N4O3/c1-3-21-19-25(32-30-23-11-7-5-8-12-23)15-17-27(21)35-29(34)36-28-18-16-26(20-22(28)4-2)33-31-24-13-9-6-10-14-24/h5-20H,3-4H2,1-2H3. The molecule has 0 amide bonds. The molecule has 0 heterocycles. The molecular weight excluding hydrogens is 452 g/mol. The summed E-state index contributed by atoms with van der Waals surface area (Å²) in [6.07, 6.45) is 0.494. The van der Waals surface area contributed by atoms with E-state index < -0.39 is 6.16 Å². The first-order valence-corrected chi connectivity index (χ1v) is 11.7. The molecule has 7 nitrogen and oxygen atoms in total. The summed E-state index contributed by atoms with van der Waals surface area (Å²) >= 11 is 0. The van der Waals surface area contributed by atoms with Crippen LogP contribution in [0.2, 0.25) is 0 Å². The maximum atomic E-state index is 12.6. The number of azo groups is 2. The van der Waals surface area contributed by atoms with Gasteiger partial charge in [0.2, 0.25) is 0 Å². The predicted molar refractivity (Wildman–Crippen MR) is 140 cm³/mol. The van der Waals surface area contributed by atoms with Crippen LogP contribution in [-0.4, -0.2) is 6.16 Å². The average Bonchev–Trinajstić information content (AvgIpc) is 2.93. The summed E-state index contributed by atoms with van der Waals surface area (Å²) in [4.78, 5) is 12.6. The topological polar surface area (TPSA) is 85.0 Å². The molecule has 0 saturated carbocycles.